The molecule has 0 rings (SSSR count). The van der Waals surface area contributed by atoms with Crippen molar-refractivity contribution in [3.05, 3.63) is 13.3 Å². The van der Waals surface area contributed by atoms with Crippen molar-refractivity contribution >= 4 is 0 Å². The Hall–Kier alpha value is -2.62. The number of hydrogen-bond donors (Lipinski definition) is 0. The van der Waals surface area contributed by atoms with E-state index in [1.807, 2.05) is 0 Å². The maximum atomic E-state index is 12.8. The van der Waals surface area contributed by atoms with Gasteiger partial charge in [-0.3, -0.25) is 0 Å². The fourth-order valence-electron chi connectivity index (χ4n) is 1.30. The first-order valence-corrected chi connectivity index (χ1v) is 6.25. The van der Waals surface area contributed by atoms with Crippen LogP contribution >= 0.6 is 0 Å². The average Bonchev–Trinajstić information content (AvgIpc) is 2.51. The predicted octanol–water partition coefficient (Wildman–Crippen LogP) is 2.51. The van der Waals surface area contributed by atoms with Gasteiger partial charge in [-0.2, -0.15) is 0 Å². The fourth-order valence-corrected chi connectivity index (χ4v) is 1.30. The SMILES string of the molecule is COCC(COCC(COC(F)(F)[CH-]F)OC(F)(F)[CH-]F)OC.[Rf].[Rf]. The molecule has 144 valence electrons. The molecule has 0 aliphatic rings. The van der Waals surface area contributed by atoms with Crippen LogP contribution in [-0.2, 0) is 23.7 Å². The van der Waals surface area contributed by atoms with Crippen LogP contribution in [0, 0.1) is 13.3 Å². The number of methoxy groups -OCH3 is 2. The van der Waals surface area contributed by atoms with E-state index in [0.29, 0.717) is 0 Å². The monoisotopic (exact) mass is 890 g/mol. The van der Waals surface area contributed by atoms with Crippen molar-refractivity contribution in [3.8, 4) is 0 Å². The molecule has 0 aromatic heterocycles. The molecule has 0 radical (unpaired) electrons. The Morgan fingerprint density at radius 3 is 1.76 bits per heavy atom. The Morgan fingerprint density at radius 2 is 1.32 bits per heavy atom. The first kappa shape index (κ1) is 27.2. The zero-order valence-electron chi connectivity index (χ0n) is 13.9. The van der Waals surface area contributed by atoms with Crippen LogP contribution in [0.15, 0.2) is 0 Å². The molecule has 0 aromatic rings. The summed E-state index contributed by atoms with van der Waals surface area (Å²) in [6.07, 6.45) is -11.0. The Bertz CT molecular complexity index is 318. The molecule has 0 aliphatic heterocycles. The summed E-state index contributed by atoms with van der Waals surface area (Å²) < 4.78 is 96.9. The Labute approximate surface area is 129 Å². The predicted molar refractivity (Wildman–Crippen MR) is 65.0 cm³/mol. The van der Waals surface area contributed by atoms with Gasteiger partial charge < -0.3 is 32.5 Å². The first-order valence-electron chi connectivity index (χ1n) is 6.25. The van der Waals surface area contributed by atoms with Gasteiger partial charge in [-0.05, 0) is 0 Å². The molecule has 2 unspecified atom stereocenters. The molecular weight excluding hydrogens is 872 g/mol. The van der Waals surface area contributed by atoms with Gasteiger partial charge in [0, 0.05) is 14.2 Å². The van der Waals surface area contributed by atoms with Crippen molar-refractivity contribution < 1.29 is 50.0 Å². The Kier molecular flexibility index (Phi) is 13.9. The number of ether oxygens (including phenoxy) is 5. The topological polar surface area (TPSA) is 46.2 Å². The number of halogens is 6. The minimum absolute atomic E-state index is 0. The molecule has 0 bridgehead atoms. The average molecular weight is 890 g/mol. The van der Waals surface area contributed by atoms with E-state index in [2.05, 4.69) is 9.47 Å². The molecule has 0 N–H and O–H groups in total. The standard InChI is InChI=1S/C12H18F6O5.2Rf/c1-19-3-9(20-2)4-21-5-10(23-12(17,18)8-14)6-22-11(15,16)7-13;;/h7-10H,3-6H2,1-2H3;;/q-2;;. The normalized spacial score (nSPS) is 14.4. The molecule has 25 heavy (non-hydrogen) atoms. The van der Waals surface area contributed by atoms with E-state index in [9.17, 15) is 26.3 Å². The van der Waals surface area contributed by atoms with Crippen LogP contribution in [0.25, 0.3) is 0 Å². The van der Waals surface area contributed by atoms with Crippen LogP contribution in [0.4, 0.5) is 26.3 Å². The van der Waals surface area contributed by atoms with E-state index in [4.69, 9.17) is 14.2 Å². The van der Waals surface area contributed by atoms with Crippen LogP contribution in [0.2, 0.25) is 0 Å². The van der Waals surface area contributed by atoms with E-state index >= 15 is 0 Å². The van der Waals surface area contributed by atoms with Crippen LogP contribution in [0.3, 0.4) is 0 Å². The Morgan fingerprint density at radius 1 is 0.800 bits per heavy atom. The van der Waals surface area contributed by atoms with Crippen molar-refractivity contribution in [1.82, 2.24) is 0 Å². The van der Waals surface area contributed by atoms with Gasteiger partial charge in [0.15, 0.2) is 0 Å². The fraction of sp³-hybridized carbons (Fsp3) is 0.833. The number of rotatable bonds is 14. The quantitative estimate of drug-likeness (QED) is 0.199. The maximum absolute atomic E-state index is 12.8. The summed E-state index contributed by atoms with van der Waals surface area (Å²) in [7, 11) is 2.73. The van der Waals surface area contributed by atoms with E-state index in [0.717, 1.165) is 0 Å². The molecule has 0 aliphatic carbocycles. The van der Waals surface area contributed by atoms with E-state index in [1.54, 1.807) is 0 Å². The molecule has 5 nitrogen and oxygen atoms in total. The molecule has 0 saturated carbocycles. The molecule has 0 aromatic carbocycles. The molecule has 2 atom stereocenters. The second-order valence-electron chi connectivity index (χ2n) is 4.24. The van der Waals surface area contributed by atoms with Gasteiger partial charge >= 0.3 is 0 Å². The molecule has 0 heterocycles. The van der Waals surface area contributed by atoms with Crippen molar-refractivity contribution in [2.45, 2.75) is 24.4 Å². The molecule has 0 amide bonds. The smallest absolute Gasteiger partial charge is 0.258 e. The maximum Gasteiger partial charge on any atom is 0.258 e. The molecule has 0 spiro atoms. The first-order chi connectivity index (χ1) is 10.7. The molecule has 0 fully saturated rings. The summed E-state index contributed by atoms with van der Waals surface area (Å²) in [5.74, 6) is 0. The van der Waals surface area contributed by atoms with Gasteiger partial charge in [-0.25, -0.2) is 17.6 Å². The third-order valence-electron chi connectivity index (χ3n) is 2.33. The summed E-state index contributed by atoms with van der Waals surface area (Å²) in [5, 5.41) is 0. The van der Waals surface area contributed by atoms with E-state index in [1.165, 1.54) is 14.2 Å². The summed E-state index contributed by atoms with van der Waals surface area (Å²) >= 11 is 0. The third kappa shape index (κ3) is 12.5. The van der Waals surface area contributed by atoms with Crippen molar-refractivity contribution in [3.63, 3.8) is 0 Å². The Balaban J connectivity index is -0.00000242. The molecular formula is C12H18F6O5Rf2-2. The van der Waals surface area contributed by atoms with Gasteiger partial charge in [0.1, 0.15) is 12.2 Å². The molecule has 0 saturated heterocycles. The summed E-state index contributed by atoms with van der Waals surface area (Å²) in [6.45, 7) is -3.97. The van der Waals surface area contributed by atoms with Crippen LogP contribution in [0.1, 0.15) is 0 Å². The van der Waals surface area contributed by atoms with Gasteiger partial charge in [-0.1, -0.05) is 13.3 Å². The van der Waals surface area contributed by atoms with Crippen LogP contribution < -0.4 is 0 Å². The van der Waals surface area contributed by atoms with Gasteiger partial charge in [0.2, 0.25) is 0 Å². The van der Waals surface area contributed by atoms with Crippen molar-refractivity contribution in [1.29, 1.82) is 0 Å². The third-order valence-corrected chi connectivity index (χ3v) is 2.33. The zero-order valence-corrected chi connectivity index (χ0v) is 26.7. The molecule has 13 heteroatoms. The second kappa shape index (κ2) is 12.8. The van der Waals surface area contributed by atoms with E-state index < -0.39 is 51.0 Å². The van der Waals surface area contributed by atoms with Gasteiger partial charge in [0.25, 0.3) is 12.2 Å². The van der Waals surface area contributed by atoms with Gasteiger partial charge in [-0.15, -0.1) is 0 Å². The van der Waals surface area contributed by atoms with Crippen LogP contribution in [-0.4, -0.2) is 65.1 Å². The largest absolute Gasteiger partial charge is 0.451 e. The minimum atomic E-state index is -4.33. The summed E-state index contributed by atoms with van der Waals surface area (Å²) in [6, 6.07) is 0. The number of hydrogen-bond acceptors (Lipinski definition) is 5. The summed E-state index contributed by atoms with van der Waals surface area (Å²) in [5.41, 5.74) is 0. The van der Waals surface area contributed by atoms with Gasteiger partial charge in [0.05, 0.1) is 26.4 Å². The van der Waals surface area contributed by atoms with Crippen molar-refractivity contribution in [2.75, 3.05) is 40.6 Å². The van der Waals surface area contributed by atoms with Crippen molar-refractivity contribution in [2.24, 2.45) is 0 Å². The minimum Gasteiger partial charge on any atom is -0.451 e. The summed E-state index contributed by atoms with van der Waals surface area (Å²) in [4.78, 5) is 0. The zero-order chi connectivity index (χ0) is 17.9. The van der Waals surface area contributed by atoms with Crippen LogP contribution in [0.5, 0.6) is 0 Å². The number of alkyl halides is 4. The second-order valence-corrected chi connectivity index (χ2v) is 4.24. The van der Waals surface area contributed by atoms with E-state index in [-0.39, 0.29) is 13.2 Å².